The number of hydrogen-bond acceptors (Lipinski definition) is 3. The first kappa shape index (κ1) is 13.2. The minimum absolute atomic E-state index is 0.0505. The van der Waals surface area contributed by atoms with Gasteiger partial charge in [-0.3, -0.25) is 0 Å². The standard InChI is InChI=1S/C15H23NO2/c1-11(13-9-12(17)5-6-14(13)18)16-10-15(2)7-3-4-8-15/h5-6,9,11,16-18H,3-4,7-8,10H2,1-2H3. The summed E-state index contributed by atoms with van der Waals surface area (Å²) in [6.07, 6.45) is 5.20. The molecule has 100 valence electrons. The fourth-order valence-corrected chi connectivity index (χ4v) is 2.80. The summed E-state index contributed by atoms with van der Waals surface area (Å²) >= 11 is 0. The second-order valence-corrected chi connectivity index (χ2v) is 5.86. The summed E-state index contributed by atoms with van der Waals surface area (Å²) < 4.78 is 0. The maximum atomic E-state index is 9.81. The minimum atomic E-state index is 0.0505. The molecular weight excluding hydrogens is 226 g/mol. The van der Waals surface area contributed by atoms with Crippen LogP contribution in [0, 0.1) is 5.41 Å². The molecule has 1 aromatic carbocycles. The van der Waals surface area contributed by atoms with Crippen LogP contribution in [0.1, 0.15) is 51.1 Å². The number of aromatic hydroxyl groups is 2. The van der Waals surface area contributed by atoms with Crippen LogP contribution >= 0.6 is 0 Å². The summed E-state index contributed by atoms with van der Waals surface area (Å²) in [7, 11) is 0. The predicted molar refractivity (Wildman–Crippen MR) is 72.8 cm³/mol. The molecule has 18 heavy (non-hydrogen) atoms. The second kappa shape index (κ2) is 5.19. The predicted octanol–water partition coefficient (Wildman–Crippen LogP) is 3.33. The lowest BCUT2D eigenvalue weighted by atomic mass is 9.88. The van der Waals surface area contributed by atoms with E-state index >= 15 is 0 Å². The van der Waals surface area contributed by atoms with E-state index in [1.165, 1.54) is 31.7 Å². The molecular formula is C15H23NO2. The van der Waals surface area contributed by atoms with Crippen molar-refractivity contribution in [1.29, 1.82) is 0 Å². The van der Waals surface area contributed by atoms with Gasteiger partial charge in [0.1, 0.15) is 11.5 Å². The Labute approximate surface area is 109 Å². The molecule has 3 N–H and O–H groups in total. The maximum Gasteiger partial charge on any atom is 0.120 e. The zero-order chi connectivity index (χ0) is 13.2. The van der Waals surface area contributed by atoms with Crippen LogP contribution in [0.3, 0.4) is 0 Å². The molecule has 0 aliphatic heterocycles. The molecule has 0 heterocycles. The van der Waals surface area contributed by atoms with E-state index in [1.807, 2.05) is 6.92 Å². The summed E-state index contributed by atoms with van der Waals surface area (Å²) in [5.74, 6) is 0.438. The van der Waals surface area contributed by atoms with E-state index in [9.17, 15) is 10.2 Å². The Kier molecular flexibility index (Phi) is 3.81. The van der Waals surface area contributed by atoms with Gasteiger partial charge in [-0.1, -0.05) is 19.8 Å². The van der Waals surface area contributed by atoms with Crippen molar-refractivity contribution in [3.63, 3.8) is 0 Å². The fraction of sp³-hybridized carbons (Fsp3) is 0.600. The molecule has 1 unspecified atom stereocenters. The second-order valence-electron chi connectivity index (χ2n) is 5.86. The maximum absolute atomic E-state index is 9.81. The Morgan fingerprint density at radius 1 is 1.28 bits per heavy atom. The highest BCUT2D eigenvalue weighted by Crippen LogP contribution is 2.37. The van der Waals surface area contributed by atoms with Gasteiger partial charge in [-0.05, 0) is 43.4 Å². The van der Waals surface area contributed by atoms with Gasteiger partial charge >= 0.3 is 0 Å². The van der Waals surface area contributed by atoms with E-state index < -0.39 is 0 Å². The van der Waals surface area contributed by atoms with Crippen molar-refractivity contribution in [3.05, 3.63) is 23.8 Å². The molecule has 1 aliphatic rings. The highest BCUT2D eigenvalue weighted by molar-refractivity contribution is 5.40. The minimum Gasteiger partial charge on any atom is -0.508 e. The summed E-state index contributed by atoms with van der Waals surface area (Å²) in [5, 5.41) is 22.8. The lowest BCUT2D eigenvalue weighted by Crippen LogP contribution is -2.31. The van der Waals surface area contributed by atoms with Crippen molar-refractivity contribution < 1.29 is 10.2 Å². The van der Waals surface area contributed by atoms with Gasteiger partial charge in [0, 0.05) is 18.2 Å². The summed E-state index contributed by atoms with van der Waals surface area (Å²) in [6, 6.07) is 4.73. The van der Waals surface area contributed by atoms with E-state index in [1.54, 1.807) is 12.1 Å². The molecule has 3 nitrogen and oxygen atoms in total. The average molecular weight is 249 g/mol. The highest BCUT2D eigenvalue weighted by Gasteiger charge is 2.28. The van der Waals surface area contributed by atoms with Crippen molar-refractivity contribution in [2.45, 2.75) is 45.6 Å². The van der Waals surface area contributed by atoms with Crippen molar-refractivity contribution in [1.82, 2.24) is 5.32 Å². The first-order valence-corrected chi connectivity index (χ1v) is 6.75. The molecule has 1 atom stereocenters. The van der Waals surface area contributed by atoms with E-state index in [0.717, 1.165) is 12.1 Å². The van der Waals surface area contributed by atoms with Gasteiger partial charge in [-0.15, -0.1) is 0 Å². The lowest BCUT2D eigenvalue weighted by molar-refractivity contribution is 0.300. The van der Waals surface area contributed by atoms with Crippen LogP contribution in [0.2, 0.25) is 0 Å². The number of phenols is 2. The van der Waals surface area contributed by atoms with Gasteiger partial charge in [0.2, 0.25) is 0 Å². The van der Waals surface area contributed by atoms with E-state index in [-0.39, 0.29) is 17.5 Å². The van der Waals surface area contributed by atoms with Gasteiger partial charge < -0.3 is 15.5 Å². The van der Waals surface area contributed by atoms with Crippen LogP contribution in [-0.2, 0) is 0 Å². The highest BCUT2D eigenvalue weighted by atomic mass is 16.3. The summed E-state index contributed by atoms with van der Waals surface area (Å²) in [4.78, 5) is 0. The van der Waals surface area contributed by atoms with E-state index in [0.29, 0.717) is 5.41 Å². The molecule has 1 aromatic rings. The molecule has 0 bridgehead atoms. The van der Waals surface area contributed by atoms with Gasteiger partial charge in [-0.25, -0.2) is 0 Å². The van der Waals surface area contributed by atoms with Crippen molar-refractivity contribution in [2.24, 2.45) is 5.41 Å². The molecule has 0 saturated heterocycles. The normalized spacial score (nSPS) is 19.9. The molecule has 3 heteroatoms. The molecule has 1 fully saturated rings. The van der Waals surface area contributed by atoms with Crippen LogP contribution in [0.15, 0.2) is 18.2 Å². The number of hydrogen-bond donors (Lipinski definition) is 3. The molecule has 2 rings (SSSR count). The van der Waals surface area contributed by atoms with Crippen LogP contribution in [0.25, 0.3) is 0 Å². The Morgan fingerprint density at radius 2 is 1.94 bits per heavy atom. The van der Waals surface area contributed by atoms with Crippen molar-refractivity contribution >= 4 is 0 Å². The fourth-order valence-electron chi connectivity index (χ4n) is 2.80. The zero-order valence-corrected chi connectivity index (χ0v) is 11.2. The van der Waals surface area contributed by atoms with Crippen LogP contribution in [0.4, 0.5) is 0 Å². The lowest BCUT2D eigenvalue weighted by Gasteiger charge is -2.26. The van der Waals surface area contributed by atoms with Gasteiger partial charge in [0.05, 0.1) is 0 Å². The number of rotatable bonds is 4. The molecule has 1 saturated carbocycles. The van der Waals surface area contributed by atoms with Gasteiger partial charge in [-0.2, -0.15) is 0 Å². The van der Waals surface area contributed by atoms with Gasteiger partial charge in [0.15, 0.2) is 0 Å². The Balaban J connectivity index is 1.99. The monoisotopic (exact) mass is 249 g/mol. The van der Waals surface area contributed by atoms with Crippen LogP contribution < -0.4 is 5.32 Å². The van der Waals surface area contributed by atoms with Crippen molar-refractivity contribution in [3.8, 4) is 11.5 Å². The first-order valence-electron chi connectivity index (χ1n) is 6.75. The Morgan fingerprint density at radius 3 is 2.61 bits per heavy atom. The number of phenolic OH excluding ortho intramolecular Hbond substituents is 2. The number of benzene rings is 1. The SMILES string of the molecule is CC(NCC1(C)CCCC1)c1cc(O)ccc1O. The topological polar surface area (TPSA) is 52.5 Å². The Hall–Kier alpha value is -1.22. The Bertz CT molecular complexity index is 411. The first-order chi connectivity index (χ1) is 8.50. The third kappa shape index (κ3) is 2.96. The largest absolute Gasteiger partial charge is 0.508 e. The molecule has 0 spiro atoms. The third-order valence-electron chi connectivity index (χ3n) is 4.12. The van der Waals surface area contributed by atoms with Crippen LogP contribution in [-0.4, -0.2) is 16.8 Å². The summed E-state index contributed by atoms with van der Waals surface area (Å²) in [6.45, 7) is 5.30. The van der Waals surface area contributed by atoms with E-state index in [2.05, 4.69) is 12.2 Å². The van der Waals surface area contributed by atoms with Gasteiger partial charge in [0.25, 0.3) is 0 Å². The molecule has 1 aliphatic carbocycles. The molecule has 0 aromatic heterocycles. The summed E-state index contributed by atoms with van der Waals surface area (Å²) in [5.41, 5.74) is 1.15. The quantitative estimate of drug-likeness (QED) is 0.717. The van der Waals surface area contributed by atoms with Crippen molar-refractivity contribution in [2.75, 3.05) is 6.54 Å². The smallest absolute Gasteiger partial charge is 0.120 e. The zero-order valence-electron chi connectivity index (χ0n) is 11.2. The number of nitrogens with one attached hydrogen (secondary N) is 1. The molecule has 0 amide bonds. The molecule has 0 radical (unpaired) electrons. The average Bonchev–Trinajstić information content (AvgIpc) is 2.77. The van der Waals surface area contributed by atoms with E-state index in [4.69, 9.17) is 0 Å². The third-order valence-corrected chi connectivity index (χ3v) is 4.12. The van der Waals surface area contributed by atoms with Crippen LogP contribution in [0.5, 0.6) is 11.5 Å².